The fourth-order valence-electron chi connectivity index (χ4n) is 3.52. The fourth-order valence-corrected chi connectivity index (χ4v) is 3.52. The first-order chi connectivity index (χ1) is 14.7. The van der Waals surface area contributed by atoms with E-state index in [0.717, 1.165) is 53.7 Å². The molecule has 0 bridgehead atoms. The van der Waals surface area contributed by atoms with Gasteiger partial charge in [0.1, 0.15) is 23.1 Å². The maximum atomic E-state index is 5.99. The molecule has 0 aliphatic heterocycles. The van der Waals surface area contributed by atoms with Crippen molar-refractivity contribution in [3.63, 3.8) is 0 Å². The monoisotopic (exact) mass is 400 g/mol. The molecule has 30 heavy (non-hydrogen) atoms. The van der Waals surface area contributed by atoms with Gasteiger partial charge in [0, 0.05) is 6.54 Å². The van der Waals surface area contributed by atoms with Crippen molar-refractivity contribution < 1.29 is 9.47 Å². The van der Waals surface area contributed by atoms with Crippen LogP contribution in [0.1, 0.15) is 37.6 Å². The number of aryl methyl sites for hydroxylation is 1. The number of fused-ring (bicyclic) bond motifs is 1. The molecule has 4 aromatic rings. The number of hydrogen-bond donors (Lipinski definition) is 0. The van der Waals surface area contributed by atoms with Crippen LogP contribution in [0.25, 0.3) is 11.0 Å². The number of hydrogen-bond acceptors (Lipinski definition) is 3. The summed E-state index contributed by atoms with van der Waals surface area (Å²) in [6, 6.07) is 24.3. The van der Waals surface area contributed by atoms with Crippen molar-refractivity contribution in [1.29, 1.82) is 0 Å². The van der Waals surface area contributed by atoms with Gasteiger partial charge in [-0.3, -0.25) is 0 Å². The van der Waals surface area contributed by atoms with E-state index in [0.29, 0.717) is 0 Å². The quantitative estimate of drug-likeness (QED) is 0.291. The van der Waals surface area contributed by atoms with Crippen LogP contribution in [0.3, 0.4) is 0 Å². The zero-order valence-corrected chi connectivity index (χ0v) is 17.7. The highest BCUT2D eigenvalue weighted by molar-refractivity contribution is 5.75. The molecule has 4 nitrogen and oxygen atoms in total. The predicted octanol–water partition coefficient (Wildman–Crippen LogP) is 6.75. The van der Waals surface area contributed by atoms with Crippen molar-refractivity contribution in [1.82, 2.24) is 9.55 Å². The Morgan fingerprint density at radius 1 is 0.800 bits per heavy atom. The molecule has 0 aliphatic carbocycles. The number of aromatic nitrogens is 2. The molecule has 0 unspecified atom stereocenters. The zero-order chi connectivity index (χ0) is 20.8. The molecule has 1 aromatic heterocycles. The summed E-state index contributed by atoms with van der Waals surface area (Å²) in [5.74, 6) is 3.54. The smallest absolute Gasteiger partial charge is 0.127 e. The first-order valence-corrected chi connectivity index (χ1v) is 10.6. The van der Waals surface area contributed by atoms with Crippen molar-refractivity contribution in [3.8, 4) is 17.2 Å². The maximum absolute atomic E-state index is 5.99. The van der Waals surface area contributed by atoms with Gasteiger partial charge < -0.3 is 14.0 Å². The van der Waals surface area contributed by atoms with Gasteiger partial charge >= 0.3 is 0 Å². The molecule has 0 saturated carbocycles. The second-order valence-corrected chi connectivity index (χ2v) is 7.51. The Bertz CT molecular complexity index is 1080. The van der Waals surface area contributed by atoms with Crippen LogP contribution in [0.5, 0.6) is 17.2 Å². The highest BCUT2D eigenvalue weighted by Gasteiger charge is 2.07. The highest BCUT2D eigenvalue weighted by Crippen LogP contribution is 2.25. The van der Waals surface area contributed by atoms with E-state index >= 15 is 0 Å². The summed E-state index contributed by atoms with van der Waals surface area (Å²) in [7, 11) is 0. The molecule has 0 amide bonds. The van der Waals surface area contributed by atoms with Gasteiger partial charge in [-0.05, 0) is 67.4 Å². The number of ether oxygens (including phenoxy) is 2. The molecule has 0 radical (unpaired) electrons. The van der Waals surface area contributed by atoms with Gasteiger partial charge in [-0.1, -0.05) is 44.0 Å². The van der Waals surface area contributed by atoms with E-state index in [1.54, 1.807) is 0 Å². The van der Waals surface area contributed by atoms with Gasteiger partial charge in [-0.25, -0.2) is 4.98 Å². The average molecular weight is 401 g/mol. The van der Waals surface area contributed by atoms with Gasteiger partial charge in [-0.15, -0.1) is 0 Å². The second kappa shape index (κ2) is 9.49. The van der Waals surface area contributed by atoms with Gasteiger partial charge in [-0.2, -0.15) is 0 Å². The van der Waals surface area contributed by atoms with Crippen LogP contribution in [0.15, 0.2) is 72.8 Å². The van der Waals surface area contributed by atoms with E-state index in [1.165, 1.54) is 18.4 Å². The van der Waals surface area contributed by atoms with Gasteiger partial charge in [0.2, 0.25) is 0 Å². The number of rotatable bonds is 9. The summed E-state index contributed by atoms with van der Waals surface area (Å²) in [4.78, 5) is 4.65. The normalized spacial score (nSPS) is 11.0. The molecule has 4 rings (SSSR count). The third-order valence-corrected chi connectivity index (χ3v) is 5.19. The van der Waals surface area contributed by atoms with Gasteiger partial charge in [0.25, 0.3) is 0 Å². The Morgan fingerprint density at radius 2 is 1.47 bits per heavy atom. The highest BCUT2D eigenvalue weighted by atomic mass is 16.5. The Labute approximate surface area is 178 Å². The van der Waals surface area contributed by atoms with Gasteiger partial charge in [0.15, 0.2) is 0 Å². The SMILES string of the molecule is CCCCCOc1ccc(Oc2ccc(Cn3c(C)nc4ccccc43)cc2)cc1. The third-order valence-electron chi connectivity index (χ3n) is 5.19. The molecule has 0 saturated heterocycles. The molecular formula is C26H28N2O2. The van der Waals surface area contributed by atoms with Crippen molar-refractivity contribution >= 4 is 11.0 Å². The number of para-hydroxylation sites is 2. The van der Waals surface area contributed by atoms with Crippen LogP contribution in [-0.4, -0.2) is 16.2 Å². The van der Waals surface area contributed by atoms with Crippen molar-refractivity contribution in [2.45, 2.75) is 39.7 Å². The number of nitrogens with zero attached hydrogens (tertiary/aromatic N) is 2. The summed E-state index contributed by atoms with van der Waals surface area (Å²) in [5, 5.41) is 0. The van der Waals surface area contributed by atoms with Crippen molar-refractivity contribution in [3.05, 3.63) is 84.2 Å². The minimum absolute atomic E-state index is 0.765. The van der Waals surface area contributed by atoms with Crippen LogP contribution in [0, 0.1) is 6.92 Å². The average Bonchev–Trinajstić information content (AvgIpc) is 3.09. The van der Waals surface area contributed by atoms with E-state index in [9.17, 15) is 0 Å². The molecule has 0 atom stereocenters. The Hall–Kier alpha value is -3.27. The summed E-state index contributed by atoms with van der Waals surface area (Å²) in [5.41, 5.74) is 3.41. The van der Waals surface area contributed by atoms with Crippen LogP contribution in [0.4, 0.5) is 0 Å². The molecule has 1 heterocycles. The minimum atomic E-state index is 0.765. The van der Waals surface area contributed by atoms with Crippen molar-refractivity contribution in [2.24, 2.45) is 0 Å². The molecule has 4 heteroatoms. The van der Waals surface area contributed by atoms with Crippen molar-refractivity contribution in [2.75, 3.05) is 6.61 Å². The standard InChI is InChI=1S/C26H28N2O2/c1-3-4-7-18-29-22-14-16-24(17-15-22)30-23-12-10-21(11-13-23)19-28-20(2)27-25-8-5-6-9-26(25)28/h5-6,8-17H,3-4,7,18-19H2,1-2H3. The lowest BCUT2D eigenvalue weighted by Gasteiger charge is -2.10. The van der Waals surface area contributed by atoms with Crippen LogP contribution < -0.4 is 9.47 Å². The molecule has 0 N–H and O–H groups in total. The molecule has 3 aromatic carbocycles. The minimum Gasteiger partial charge on any atom is -0.494 e. The Balaban J connectivity index is 1.37. The van der Waals surface area contributed by atoms with E-state index in [2.05, 4.69) is 53.7 Å². The Morgan fingerprint density at radius 3 is 2.20 bits per heavy atom. The first-order valence-electron chi connectivity index (χ1n) is 10.6. The van der Waals surface area contributed by atoms with E-state index < -0.39 is 0 Å². The molecule has 0 aliphatic rings. The third kappa shape index (κ3) is 4.82. The number of unbranched alkanes of at least 4 members (excludes halogenated alkanes) is 2. The van der Waals surface area contributed by atoms with Gasteiger partial charge in [0.05, 0.1) is 17.6 Å². The molecular weight excluding hydrogens is 372 g/mol. The lowest BCUT2D eigenvalue weighted by Crippen LogP contribution is -2.01. The molecule has 0 spiro atoms. The lowest BCUT2D eigenvalue weighted by molar-refractivity contribution is 0.306. The maximum Gasteiger partial charge on any atom is 0.127 e. The fraction of sp³-hybridized carbons (Fsp3) is 0.269. The van der Waals surface area contributed by atoms with E-state index in [4.69, 9.17) is 9.47 Å². The Kier molecular flexibility index (Phi) is 6.33. The summed E-state index contributed by atoms with van der Waals surface area (Å²) in [6.45, 7) is 5.80. The lowest BCUT2D eigenvalue weighted by atomic mass is 10.2. The first kappa shape index (κ1) is 20.0. The predicted molar refractivity (Wildman–Crippen MR) is 122 cm³/mol. The molecule has 154 valence electrons. The number of benzene rings is 3. The van der Waals surface area contributed by atoms with Crippen LogP contribution in [-0.2, 0) is 6.54 Å². The van der Waals surface area contributed by atoms with E-state index in [1.807, 2.05) is 42.5 Å². The summed E-state index contributed by atoms with van der Waals surface area (Å²) < 4.78 is 14.0. The largest absolute Gasteiger partial charge is 0.494 e. The topological polar surface area (TPSA) is 36.3 Å². The second-order valence-electron chi connectivity index (χ2n) is 7.51. The van der Waals surface area contributed by atoms with E-state index in [-0.39, 0.29) is 0 Å². The molecule has 0 fully saturated rings. The van der Waals surface area contributed by atoms with Crippen LogP contribution >= 0.6 is 0 Å². The number of imidazole rings is 1. The van der Waals surface area contributed by atoms with Crippen LogP contribution in [0.2, 0.25) is 0 Å². The summed E-state index contributed by atoms with van der Waals surface area (Å²) >= 11 is 0. The zero-order valence-electron chi connectivity index (χ0n) is 17.7. The summed E-state index contributed by atoms with van der Waals surface area (Å²) in [6.07, 6.45) is 3.50.